The summed E-state index contributed by atoms with van der Waals surface area (Å²) >= 11 is 0. The van der Waals surface area contributed by atoms with Gasteiger partial charge in [0.25, 0.3) is 0 Å². The van der Waals surface area contributed by atoms with E-state index in [9.17, 15) is 0 Å². The van der Waals surface area contributed by atoms with Crippen molar-refractivity contribution in [1.29, 1.82) is 5.26 Å². The Hall–Kier alpha value is -1.23. The molecule has 2 heteroatoms. The van der Waals surface area contributed by atoms with E-state index in [1.54, 1.807) is 0 Å². The summed E-state index contributed by atoms with van der Waals surface area (Å²) in [5.74, 6) is 0.571. The second-order valence-corrected chi connectivity index (χ2v) is 4.00. The molecule has 0 amide bonds. The van der Waals surface area contributed by atoms with Gasteiger partial charge < -0.3 is 4.90 Å². The Morgan fingerprint density at radius 1 is 1.57 bits per heavy atom. The fourth-order valence-corrected chi connectivity index (χ4v) is 2.08. The fraction of sp³-hybridized carbons (Fsp3) is 0.583. The largest absolute Gasteiger partial charge is 0.353 e. The molecule has 14 heavy (non-hydrogen) atoms. The Bertz CT molecular complexity index is 285. The Kier molecular flexibility index (Phi) is 3.35. The van der Waals surface area contributed by atoms with Gasteiger partial charge in [0.05, 0.1) is 6.07 Å². The third kappa shape index (κ3) is 1.82. The Balaban J connectivity index is 2.85. The molecular formula is C12H18N2. The molecule has 0 aromatic carbocycles. The minimum absolute atomic E-state index is 0.00343. The molecule has 1 rings (SSSR count). The number of nitriles is 1. The van der Waals surface area contributed by atoms with Crippen molar-refractivity contribution >= 4 is 0 Å². The SMILES string of the molecule is C=C(/C=C/C)N1C(C#N)CC(C)[C@@H]1C. The maximum absolute atomic E-state index is 9.03. The van der Waals surface area contributed by atoms with Crippen LogP contribution in [-0.4, -0.2) is 17.0 Å². The van der Waals surface area contributed by atoms with E-state index >= 15 is 0 Å². The predicted molar refractivity (Wildman–Crippen MR) is 58.4 cm³/mol. The van der Waals surface area contributed by atoms with E-state index in [1.165, 1.54) is 0 Å². The third-order valence-electron chi connectivity index (χ3n) is 3.03. The lowest BCUT2D eigenvalue weighted by Gasteiger charge is -2.28. The highest BCUT2D eigenvalue weighted by Gasteiger charge is 2.35. The van der Waals surface area contributed by atoms with Crippen molar-refractivity contribution < 1.29 is 0 Å². The van der Waals surface area contributed by atoms with Crippen LogP contribution in [-0.2, 0) is 0 Å². The van der Waals surface area contributed by atoms with Crippen molar-refractivity contribution in [1.82, 2.24) is 4.90 Å². The van der Waals surface area contributed by atoms with Crippen molar-refractivity contribution in [3.8, 4) is 6.07 Å². The van der Waals surface area contributed by atoms with Gasteiger partial charge in [-0.25, -0.2) is 0 Å². The quantitative estimate of drug-likeness (QED) is 0.626. The minimum atomic E-state index is 0.00343. The topological polar surface area (TPSA) is 27.0 Å². The average Bonchev–Trinajstić information content (AvgIpc) is 2.43. The van der Waals surface area contributed by atoms with E-state index in [0.29, 0.717) is 12.0 Å². The monoisotopic (exact) mass is 190 g/mol. The molecular weight excluding hydrogens is 172 g/mol. The van der Waals surface area contributed by atoms with Gasteiger partial charge in [-0.3, -0.25) is 0 Å². The van der Waals surface area contributed by atoms with E-state index in [1.807, 2.05) is 19.1 Å². The van der Waals surface area contributed by atoms with Crippen LogP contribution in [0.3, 0.4) is 0 Å². The summed E-state index contributed by atoms with van der Waals surface area (Å²) in [6, 6.07) is 2.77. The van der Waals surface area contributed by atoms with Crippen molar-refractivity contribution in [3.63, 3.8) is 0 Å². The molecule has 0 bridgehead atoms. The lowest BCUT2D eigenvalue weighted by Crippen LogP contribution is -2.32. The zero-order valence-electron chi connectivity index (χ0n) is 9.20. The summed E-state index contributed by atoms with van der Waals surface area (Å²) in [4.78, 5) is 2.13. The van der Waals surface area contributed by atoms with Gasteiger partial charge in [0.1, 0.15) is 6.04 Å². The Morgan fingerprint density at radius 3 is 2.71 bits per heavy atom. The van der Waals surface area contributed by atoms with Crippen LogP contribution in [0.2, 0.25) is 0 Å². The number of likely N-dealkylation sites (tertiary alicyclic amines) is 1. The molecule has 0 aliphatic carbocycles. The molecule has 3 atom stereocenters. The first-order valence-electron chi connectivity index (χ1n) is 5.11. The summed E-state index contributed by atoms with van der Waals surface area (Å²) in [5.41, 5.74) is 0.955. The predicted octanol–water partition coefficient (Wildman–Crippen LogP) is 2.70. The fourth-order valence-electron chi connectivity index (χ4n) is 2.08. The molecule has 0 aromatic heterocycles. The van der Waals surface area contributed by atoms with Gasteiger partial charge in [-0.1, -0.05) is 19.6 Å². The molecule has 1 saturated heterocycles. The van der Waals surface area contributed by atoms with Crippen molar-refractivity contribution in [2.75, 3.05) is 0 Å². The highest BCUT2D eigenvalue weighted by Crippen LogP contribution is 2.32. The summed E-state index contributed by atoms with van der Waals surface area (Å²) in [6.07, 6.45) is 4.89. The zero-order chi connectivity index (χ0) is 10.7. The molecule has 2 nitrogen and oxygen atoms in total. The van der Waals surface area contributed by atoms with Crippen LogP contribution in [0.4, 0.5) is 0 Å². The maximum Gasteiger partial charge on any atom is 0.117 e. The maximum atomic E-state index is 9.03. The number of nitrogens with zero attached hydrogens (tertiary/aromatic N) is 2. The lowest BCUT2D eigenvalue weighted by atomic mass is 10.0. The molecule has 1 fully saturated rings. The first-order chi connectivity index (χ1) is 6.61. The number of hydrogen-bond donors (Lipinski definition) is 0. The van der Waals surface area contributed by atoms with Crippen LogP contribution in [0.25, 0.3) is 0 Å². The average molecular weight is 190 g/mol. The molecule has 0 spiro atoms. The molecule has 1 aliphatic rings. The summed E-state index contributed by atoms with van der Waals surface area (Å²) < 4.78 is 0. The minimum Gasteiger partial charge on any atom is -0.353 e. The number of hydrogen-bond acceptors (Lipinski definition) is 2. The first-order valence-corrected chi connectivity index (χ1v) is 5.11. The van der Waals surface area contributed by atoms with Gasteiger partial charge in [0.15, 0.2) is 0 Å². The standard InChI is InChI=1S/C12H18N2/c1-5-6-10(3)14-11(4)9(2)7-12(14)8-13/h5-6,9,11-12H,3,7H2,1-2,4H3/b6-5+/t9?,11-,12?/m0/s1. The van der Waals surface area contributed by atoms with E-state index in [-0.39, 0.29) is 6.04 Å². The van der Waals surface area contributed by atoms with Crippen LogP contribution >= 0.6 is 0 Å². The van der Waals surface area contributed by atoms with Gasteiger partial charge in [-0.2, -0.15) is 5.26 Å². The van der Waals surface area contributed by atoms with Gasteiger partial charge in [0.2, 0.25) is 0 Å². The molecule has 2 unspecified atom stereocenters. The summed E-state index contributed by atoms with van der Waals surface area (Å²) in [5, 5.41) is 9.03. The van der Waals surface area contributed by atoms with Gasteiger partial charge in [0, 0.05) is 11.7 Å². The van der Waals surface area contributed by atoms with Crippen LogP contribution in [0.1, 0.15) is 27.2 Å². The summed E-state index contributed by atoms with van der Waals surface area (Å²) in [7, 11) is 0. The van der Waals surface area contributed by atoms with Crippen LogP contribution in [0.15, 0.2) is 24.4 Å². The molecule has 1 aliphatic heterocycles. The Morgan fingerprint density at radius 2 is 2.21 bits per heavy atom. The molecule has 76 valence electrons. The molecule has 0 aromatic rings. The molecule has 0 radical (unpaired) electrons. The van der Waals surface area contributed by atoms with Gasteiger partial charge in [-0.15, -0.1) is 0 Å². The van der Waals surface area contributed by atoms with E-state index < -0.39 is 0 Å². The van der Waals surface area contributed by atoms with Crippen LogP contribution < -0.4 is 0 Å². The van der Waals surface area contributed by atoms with E-state index in [4.69, 9.17) is 5.26 Å². The molecule has 0 N–H and O–H groups in total. The van der Waals surface area contributed by atoms with Crippen molar-refractivity contribution in [2.24, 2.45) is 5.92 Å². The lowest BCUT2D eigenvalue weighted by molar-refractivity contribution is 0.291. The second-order valence-electron chi connectivity index (χ2n) is 4.00. The number of rotatable bonds is 2. The highest BCUT2D eigenvalue weighted by atomic mass is 15.2. The van der Waals surface area contributed by atoms with Gasteiger partial charge in [-0.05, 0) is 32.3 Å². The van der Waals surface area contributed by atoms with Crippen LogP contribution in [0.5, 0.6) is 0 Å². The zero-order valence-corrected chi connectivity index (χ0v) is 9.20. The third-order valence-corrected chi connectivity index (χ3v) is 3.03. The van der Waals surface area contributed by atoms with Gasteiger partial charge >= 0.3 is 0 Å². The van der Waals surface area contributed by atoms with E-state index in [2.05, 4.69) is 31.4 Å². The number of allylic oxidation sites excluding steroid dienone is 2. The first kappa shape index (κ1) is 10.8. The van der Waals surface area contributed by atoms with Crippen molar-refractivity contribution in [2.45, 2.75) is 39.3 Å². The second kappa shape index (κ2) is 4.32. The smallest absolute Gasteiger partial charge is 0.117 e. The van der Waals surface area contributed by atoms with E-state index in [0.717, 1.165) is 12.1 Å². The van der Waals surface area contributed by atoms with Crippen molar-refractivity contribution in [3.05, 3.63) is 24.4 Å². The van der Waals surface area contributed by atoms with Crippen LogP contribution in [0, 0.1) is 17.2 Å². The normalized spacial score (nSPS) is 32.1. The molecule has 0 saturated carbocycles. The highest BCUT2D eigenvalue weighted by molar-refractivity contribution is 5.20. The molecule has 1 heterocycles. The summed E-state index contributed by atoms with van der Waals surface area (Å²) in [6.45, 7) is 10.3. The Labute approximate surface area is 86.5 Å².